The number of ketones is 1. The van der Waals surface area contributed by atoms with Gasteiger partial charge < -0.3 is 0 Å². The molecule has 0 aliphatic heterocycles. The molecule has 0 unspecified atom stereocenters. The van der Waals surface area contributed by atoms with Gasteiger partial charge in [-0.1, -0.05) is 24.3 Å². The predicted octanol–water partition coefficient (Wildman–Crippen LogP) is 3.48. The second kappa shape index (κ2) is 4.85. The van der Waals surface area contributed by atoms with Crippen molar-refractivity contribution in [1.29, 1.82) is 0 Å². The van der Waals surface area contributed by atoms with E-state index in [4.69, 9.17) is 0 Å². The highest BCUT2D eigenvalue weighted by Crippen LogP contribution is 2.20. The smallest absolute Gasteiger partial charge is 0.212 e. The van der Waals surface area contributed by atoms with Gasteiger partial charge in [0.2, 0.25) is 5.78 Å². The van der Waals surface area contributed by atoms with Crippen molar-refractivity contribution in [3.8, 4) is 0 Å². The van der Waals surface area contributed by atoms with Crippen molar-refractivity contribution < 1.29 is 4.79 Å². The van der Waals surface area contributed by atoms with Crippen molar-refractivity contribution in [1.82, 2.24) is 9.97 Å². The summed E-state index contributed by atoms with van der Waals surface area (Å²) in [4.78, 5) is 21.3. The molecule has 2 aromatic heterocycles. The molecule has 1 aromatic carbocycles. The van der Waals surface area contributed by atoms with Crippen molar-refractivity contribution in [3.63, 3.8) is 0 Å². The Morgan fingerprint density at radius 3 is 2.70 bits per heavy atom. The number of benzene rings is 1. The summed E-state index contributed by atoms with van der Waals surface area (Å²) >= 11 is 0. The Morgan fingerprint density at radius 2 is 1.90 bits per heavy atom. The maximum atomic E-state index is 12.7. The molecule has 0 N–H and O–H groups in total. The van der Waals surface area contributed by atoms with E-state index in [-0.39, 0.29) is 5.78 Å². The summed E-state index contributed by atoms with van der Waals surface area (Å²) in [6.45, 7) is 3.88. The molecule has 3 rings (SSSR count). The second-order valence-corrected chi connectivity index (χ2v) is 4.88. The van der Waals surface area contributed by atoms with Gasteiger partial charge in [-0.2, -0.15) is 0 Å². The van der Waals surface area contributed by atoms with E-state index in [9.17, 15) is 4.79 Å². The highest BCUT2D eigenvalue weighted by atomic mass is 16.1. The average molecular weight is 262 g/mol. The van der Waals surface area contributed by atoms with E-state index in [0.29, 0.717) is 11.3 Å². The average Bonchev–Trinajstić information content (AvgIpc) is 2.46. The fourth-order valence-electron chi connectivity index (χ4n) is 2.38. The molecule has 3 heteroatoms. The molecule has 0 atom stereocenters. The molecule has 0 fully saturated rings. The van der Waals surface area contributed by atoms with Crippen LogP contribution < -0.4 is 0 Å². The zero-order valence-corrected chi connectivity index (χ0v) is 11.4. The van der Waals surface area contributed by atoms with Crippen LogP contribution in [0.1, 0.15) is 27.2 Å². The zero-order chi connectivity index (χ0) is 14.1. The Kier molecular flexibility index (Phi) is 3.03. The lowest BCUT2D eigenvalue weighted by Gasteiger charge is -2.07. The van der Waals surface area contributed by atoms with Crippen LogP contribution in [0.15, 0.2) is 48.8 Å². The van der Waals surface area contributed by atoms with Crippen LogP contribution in [-0.4, -0.2) is 15.8 Å². The fraction of sp³-hybridized carbons (Fsp3) is 0.118. The van der Waals surface area contributed by atoms with Crippen LogP contribution in [0.4, 0.5) is 0 Å². The second-order valence-electron chi connectivity index (χ2n) is 4.88. The van der Waals surface area contributed by atoms with Gasteiger partial charge in [-0.15, -0.1) is 0 Å². The van der Waals surface area contributed by atoms with E-state index in [1.54, 1.807) is 12.4 Å². The minimum atomic E-state index is -0.0545. The number of fused-ring (bicyclic) bond motifs is 1. The predicted molar refractivity (Wildman–Crippen MR) is 78.9 cm³/mol. The van der Waals surface area contributed by atoms with Crippen molar-refractivity contribution in [2.45, 2.75) is 13.8 Å². The number of aromatic nitrogens is 2. The fourth-order valence-corrected chi connectivity index (χ4v) is 2.38. The van der Waals surface area contributed by atoms with Gasteiger partial charge in [-0.25, -0.2) is 0 Å². The minimum Gasteiger partial charge on any atom is -0.287 e. The molecule has 0 radical (unpaired) electrons. The zero-order valence-electron chi connectivity index (χ0n) is 11.4. The first kappa shape index (κ1) is 12.5. The number of hydrogen-bond donors (Lipinski definition) is 0. The van der Waals surface area contributed by atoms with Crippen molar-refractivity contribution >= 4 is 16.7 Å². The summed E-state index contributed by atoms with van der Waals surface area (Å²) in [6, 6.07) is 11.3. The Hall–Kier alpha value is -2.55. The van der Waals surface area contributed by atoms with Crippen LogP contribution in [-0.2, 0) is 0 Å². The van der Waals surface area contributed by atoms with Gasteiger partial charge in [0.1, 0.15) is 5.69 Å². The molecule has 20 heavy (non-hydrogen) atoms. The van der Waals surface area contributed by atoms with Gasteiger partial charge in [-0.05, 0) is 37.1 Å². The van der Waals surface area contributed by atoms with Crippen LogP contribution in [0.3, 0.4) is 0 Å². The Bertz CT molecular complexity index is 804. The number of aryl methyl sites for hydroxylation is 2. The van der Waals surface area contributed by atoms with Crippen LogP contribution in [0.25, 0.3) is 10.9 Å². The van der Waals surface area contributed by atoms with Gasteiger partial charge in [0.25, 0.3) is 0 Å². The lowest BCUT2D eigenvalue weighted by Crippen LogP contribution is -2.07. The van der Waals surface area contributed by atoms with Crippen molar-refractivity contribution in [2.24, 2.45) is 0 Å². The van der Waals surface area contributed by atoms with E-state index in [2.05, 4.69) is 9.97 Å². The SMILES string of the molecule is Cc1cnc(C(=O)c2cccc3ncccc23)c(C)c1. The minimum absolute atomic E-state index is 0.0545. The van der Waals surface area contributed by atoms with Crippen LogP contribution in [0, 0.1) is 13.8 Å². The number of carbonyl (C=O) groups excluding carboxylic acids is 1. The maximum Gasteiger partial charge on any atom is 0.212 e. The Labute approximate surface area is 117 Å². The van der Waals surface area contributed by atoms with Gasteiger partial charge in [0.05, 0.1) is 5.52 Å². The summed E-state index contributed by atoms with van der Waals surface area (Å²) in [7, 11) is 0. The quantitative estimate of drug-likeness (QED) is 0.664. The maximum absolute atomic E-state index is 12.7. The van der Waals surface area contributed by atoms with Crippen LogP contribution >= 0.6 is 0 Å². The number of pyridine rings is 2. The monoisotopic (exact) mass is 262 g/mol. The van der Waals surface area contributed by atoms with Crippen molar-refractivity contribution in [2.75, 3.05) is 0 Å². The van der Waals surface area contributed by atoms with Crippen molar-refractivity contribution in [3.05, 3.63) is 71.2 Å². The molecular formula is C17H14N2O. The molecule has 0 aliphatic carbocycles. The Balaban J connectivity index is 2.18. The summed E-state index contributed by atoms with van der Waals surface area (Å²) in [6.07, 6.45) is 3.45. The molecule has 0 saturated heterocycles. The standard InChI is InChI=1S/C17H14N2O/c1-11-9-12(2)16(19-10-11)17(20)14-5-3-7-15-13(14)6-4-8-18-15/h3-10H,1-2H3. The number of hydrogen-bond acceptors (Lipinski definition) is 3. The highest BCUT2D eigenvalue weighted by molar-refractivity contribution is 6.15. The molecule has 0 aliphatic rings. The van der Waals surface area contributed by atoms with E-state index in [1.807, 2.05) is 50.2 Å². The van der Waals surface area contributed by atoms with E-state index >= 15 is 0 Å². The topological polar surface area (TPSA) is 42.9 Å². The number of rotatable bonds is 2. The van der Waals surface area contributed by atoms with Gasteiger partial charge in [0, 0.05) is 23.3 Å². The van der Waals surface area contributed by atoms with Crippen LogP contribution in [0.2, 0.25) is 0 Å². The van der Waals surface area contributed by atoms with E-state index < -0.39 is 0 Å². The summed E-state index contributed by atoms with van der Waals surface area (Å²) < 4.78 is 0. The van der Waals surface area contributed by atoms with Gasteiger partial charge >= 0.3 is 0 Å². The number of carbonyl (C=O) groups is 1. The Morgan fingerprint density at radius 1 is 1.05 bits per heavy atom. The van der Waals surface area contributed by atoms with Gasteiger partial charge in [-0.3, -0.25) is 14.8 Å². The normalized spacial score (nSPS) is 10.7. The molecular weight excluding hydrogens is 248 g/mol. The molecule has 2 heterocycles. The first-order chi connectivity index (χ1) is 9.66. The van der Waals surface area contributed by atoms with Gasteiger partial charge in [0.15, 0.2) is 0 Å². The summed E-state index contributed by atoms with van der Waals surface area (Å²) in [5, 5.41) is 0.863. The lowest BCUT2D eigenvalue weighted by atomic mass is 9.99. The molecule has 0 bridgehead atoms. The molecule has 98 valence electrons. The molecule has 3 aromatic rings. The van der Waals surface area contributed by atoms with E-state index in [1.165, 1.54) is 0 Å². The number of nitrogens with zero attached hydrogens (tertiary/aromatic N) is 2. The third-order valence-corrected chi connectivity index (χ3v) is 3.32. The lowest BCUT2D eigenvalue weighted by molar-refractivity contribution is 0.103. The van der Waals surface area contributed by atoms with E-state index in [0.717, 1.165) is 22.0 Å². The summed E-state index contributed by atoms with van der Waals surface area (Å²) in [5.74, 6) is -0.0545. The third kappa shape index (κ3) is 2.07. The molecule has 0 saturated carbocycles. The van der Waals surface area contributed by atoms with Crippen LogP contribution in [0.5, 0.6) is 0 Å². The largest absolute Gasteiger partial charge is 0.287 e. The third-order valence-electron chi connectivity index (χ3n) is 3.32. The highest BCUT2D eigenvalue weighted by Gasteiger charge is 2.16. The summed E-state index contributed by atoms with van der Waals surface area (Å²) in [5.41, 5.74) is 3.93. The molecule has 0 spiro atoms. The molecule has 0 amide bonds. The first-order valence-corrected chi connectivity index (χ1v) is 6.48. The molecule has 3 nitrogen and oxygen atoms in total. The first-order valence-electron chi connectivity index (χ1n) is 6.48.